The number of aryl methyl sites for hydroxylation is 1. The second kappa shape index (κ2) is 5.25. The largest absolute Gasteiger partial charge is 0.365 e. The molecule has 0 amide bonds. The lowest BCUT2D eigenvalue weighted by molar-refractivity contribution is 0.596. The molecule has 1 aliphatic rings. The summed E-state index contributed by atoms with van der Waals surface area (Å²) in [7, 11) is 0. The van der Waals surface area contributed by atoms with Crippen molar-refractivity contribution in [3.8, 4) is 0 Å². The van der Waals surface area contributed by atoms with Crippen molar-refractivity contribution < 1.29 is 4.39 Å². The first kappa shape index (κ1) is 13.1. The molecule has 0 aromatic heterocycles. The van der Waals surface area contributed by atoms with Gasteiger partial charge in [0.1, 0.15) is 5.82 Å². The summed E-state index contributed by atoms with van der Waals surface area (Å²) >= 11 is 0. The molecule has 2 aromatic carbocycles. The van der Waals surface area contributed by atoms with Gasteiger partial charge < -0.3 is 10.6 Å². The molecule has 0 aliphatic carbocycles. The van der Waals surface area contributed by atoms with Crippen LogP contribution in [0.15, 0.2) is 42.5 Å². The van der Waals surface area contributed by atoms with E-state index in [1.54, 1.807) is 6.07 Å². The van der Waals surface area contributed by atoms with Crippen LogP contribution in [0.25, 0.3) is 0 Å². The third kappa shape index (κ3) is 2.54. The van der Waals surface area contributed by atoms with Crippen LogP contribution in [0.4, 0.5) is 10.1 Å². The summed E-state index contributed by atoms with van der Waals surface area (Å²) in [5, 5.41) is 0. The van der Waals surface area contributed by atoms with Gasteiger partial charge in [-0.2, -0.15) is 0 Å². The first-order chi connectivity index (χ1) is 9.63. The average Bonchev–Trinajstić information content (AvgIpc) is 2.41. The number of nitrogens with zero attached hydrogens (tertiary/aromatic N) is 1. The highest BCUT2D eigenvalue weighted by Gasteiger charge is 2.21. The molecule has 20 heavy (non-hydrogen) atoms. The lowest BCUT2D eigenvalue weighted by Gasteiger charge is -2.35. The Balaban J connectivity index is 1.91. The van der Waals surface area contributed by atoms with E-state index in [0.29, 0.717) is 0 Å². The van der Waals surface area contributed by atoms with Crippen LogP contribution in [-0.4, -0.2) is 12.6 Å². The van der Waals surface area contributed by atoms with Gasteiger partial charge in [-0.15, -0.1) is 0 Å². The highest BCUT2D eigenvalue weighted by molar-refractivity contribution is 5.56. The number of rotatable bonds is 2. The van der Waals surface area contributed by atoms with E-state index < -0.39 is 0 Å². The number of para-hydroxylation sites is 1. The Kier molecular flexibility index (Phi) is 3.45. The number of nitrogens with two attached hydrogens (primary N) is 1. The molecule has 0 bridgehead atoms. The SMILES string of the molecule is Cc1cc(F)ccc1CN1CC(N)Cc2ccccc21. The van der Waals surface area contributed by atoms with Crippen LogP contribution in [-0.2, 0) is 13.0 Å². The van der Waals surface area contributed by atoms with Gasteiger partial charge in [0.15, 0.2) is 0 Å². The summed E-state index contributed by atoms with van der Waals surface area (Å²) in [6.07, 6.45) is 0.926. The molecule has 0 radical (unpaired) electrons. The van der Waals surface area contributed by atoms with Crippen LogP contribution in [0.3, 0.4) is 0 Å². The topological polar surface area (TPSA) is 29.3 Å². The molecular weight excluding hydrogens is 251 g/mol. The Hall–Kier alpha value is -1.87. The van der Waals surface area contributed by atoms with Gasteiger partial charge in [0.25, 0.3) is 0 Å². The van der Waals surface area contributed by atoms with Crippen LogP contribution in [0.2, 0.25) is 0 Å². The Morgan fingerprint density at radius 3 is 2.85 bits per heavy atom. The molecule has 2 N–H and O–H groups in total. The Morgan fingerprint density at radius 1 is 1.25 bits per heavy atom. The smallest absolute Gasteiger partial charge is 0.123 e. The van der Waals surface area contributed by atoms with Gasteiger partial charge >= 0.3 is 0 Å². The maximum atomic E-state index is 13.2. The molecule has 1 heterocycles. The number of hydrogen-bond donors (Lipinski definition) is 1. The minimum Gasteiger partial charge on any atom is -0.365 e. The fourth-order valence-electron chi connectivity index (χ4n) is 2.91. The molecule has 0 fully saturated rings. The average molecular weight is 270 g/mol. The van der Waals surface area contributed by atoms with Crippen LogP contribution >= 0.6 is 0 Å². The molecule has 2 aromatic rings. The first-order valence-electron chi connectivity index (χ1n) is 6.97. The second-order valence-corrected chi connectivity index (χ2v) is 5.54. The molecule has 1 atom stereocenters. The van der Waals surface area contributed by atoms with Crippen LogP contribution in [0, 0.1) is 12.7 Å². The zero-order valence-corrected chi connectivity index (χ0v) is 11.6. The molecule has 3 heteroatoms. The predicted octanol–water partition coefficient (Wildman–Crippen LogP) is 3.02. The molecule has 1 unspecified atom stereocenters. The number of halogens is 1. The van der Waals surface area contributed by atoms with Crippen molar-refractivity contribution >= 4 is 5.69 Å². The fourth-order valence-corrected chi connectivity index (χ4v) is 2.91. The van der Waals surface area contributed by atoms with Crippen LogP contribution in [0.1, 0.15) is 16.7 Å². The van der Waals surface area contributed by atoms with Gasteiger partial charge in [0.2, 0.25) is 0 Å². The Morgan fingerprint density at radius 2 is 2.05 bits per heavy atom. The predicted molar refractivity (Wildman–Crippen MR) is 80.3 cm³/mol. The van der Waals surface area contributed by atoms with E-state index in [9.17, 15) is 4.39 Å². The summed E-state index contributed by atoms with van der Waals surface area (Å²) in [4.78, 5) is 2.30. The van der Waals surface area contributed by atoms with Crippen molar-refractivity contribution in [3.63, 3.8) is 0 Å². The van der Waals surface area contributed by atoms with E-state index in [1.165, 1.54) is 17.3 Å². The van der Waals surface area contributed by atoms with Crippen LogP contribution in [0.5, 0.6) is 0 Å². The third-order valence-corrected chi connectivity index (χ3v) is 3.94. The number of hydrogen-bond acceptors (Lipinski definition) is 2. The van der Waals surface area contributed by atoms with E-state index in [1.807, 2.05) is 13.0 Å². The molecule has 2 nitrogen and oxygen atoms in total. The van der Waals surface area contributed by atoms with Crippen molar-refractivity contribution in [1.82, 2.24) is 0 Å². The monoisotopic (exact) mass is 270 g/mol. The number of benzene rings is 2. The third-order valence-electron chi connectivity index (χ3n) is 3.94. The van der Waals surface area contributed by atoms with E-state index in [2.05, 4.69) is 29.2 Å². The zero-order chi connectivity index (χ0) is 14.1. The van der Waals surface area contributed by atoms with Crippen molar-refractivity contribution in [1.29, 1.82) is 0 Å². The highest BCUT2D eigenvalue weighted by Crippen LogP contribution is 2.28. The summed E-state index contributed by atoms with van der Waals surface area (Å²) in [6, 6.07) is 13.5. The van der Waals surface area contributed by atoms with Crippen LogP contribution < -0.4 is 10.6 Å². The van der Waals surface area contributed by atoms with Gasteiger partial charge in [-0.05, 0) is 48.2 Å². The standard InChI is InChI=1S/C17H19FN2/c1-12-8-15(18)7-6-14(12)10-20-11-16(19)9-13-4-2-3-5-17(13)20/h2-8,16H,9-11,19H2,1H3. The van der Waals surface area contributed by atoms with Crippen molar-refractivity contribution in [2.45, 2.75) is 25.9 Å². The molecule has 3 rings (SSSR count). The molecule has 0 saturated carbocycles. The Labute approximate surface area is 119 Å². The lowest BCUT2D eigenvalue weighted by Crippen LogP contribution is -2.43. The van der Waals surface area contributed by atoms with Gasteiger partial charge in [-0.1, -0.05) is 24.3 Å². The van der Waals surface area contributed by atoms with Crippen molar-refractivity contribution in [3.05, 3.63) is 65.0 Å². The normalized spacial score (nSPS) is 17.9. The van der Waals surface area contributed by atoms with Gasteiger partial charge in [0.05, 0.1) is 0 Å². The highest BCUT2D eigenvalue weighted by atomic mass is 19.1. The first-order valence-corrected chi connectivity index (χ1v) is 6.97. The van der Waals surface area contributed by atoms with E-state index in [0.717, 1.165) is 30.6 Å². The second-order valence-electron chi connectivity index (χ2n) is 5.54. The zero-order valence-electron chi connectivity index (χ0n) is 11.6. The van der Waals surface area contributed by atoms with Crippen molar-refractivity contribution in [2.24, 2.45) is 5.73 Å². The Bertz CT molecular complexity index is 624. The summed E-state index contributed by atoms with van der Waals surface area (Å²) in [5.74, 6) is -0.179. The maximum Gasteiger partial charge on any atom is 0.123 e. The van der Waals surface area contributed by atoms with E-state index >= 15 is 0 Å². The summed E-state index contributed by atoms with van der Waals surface area (Å²) in [6.45, 7) is 3.57. The van der Waals surface area contributed by atoms with E-state index in [-0.39, 0.29) is 11.9 Å². The maximum absolute atomic E-state index is 13.2. The number of fused-ring (bicyclic) bond motifs is 1. The quantitative estimate of drug-likeness (QED) is 0.909. The van der Waals surface area contributed by atoms with Gasteiger partial charge in [-0.3, -0.25) is 0 Å². The summed E-state index contributed by atoms with van der Waals surface area (Å²) in [5.41, 5.74) is 10.8. The molecule has 0 saturated heterocycles. The molecular formula is C17H19FN2. The number of anilines is 1. The fraction of sp³-hybridized carbons (Fsp3) is 0.294. The van der Waals surface area contributed by atoms with Gasteiger partial charge in [0, 0.05) is 24.8 Å². The molecule has 1 aliphatic heterocycles. The minimum absolute atomic E-state index is 0.158. The minimum atomic E-state index is -0.179. The molecule has 104 valence electrons. The summed E-state index contributed by atoms with van der Waals surface area (Å²) < 4.78 is 13.2. The van der Waals surface area contributed by atoms with E-state index in [4.69, 9.17) is 5.73 Å². The molecule has 0 spiro atoms. The van der Waals surface area contributed by atoms with Crippen molar-refractivity contribution in [2.75, 3.05) is 11.4 Å². The van der Waals surface area contributed by atoms with Gasteiger partial charge in [-0.25, -0.2) is 4.39 Å². The lowest BCUT2D eigenvalue weighted by atomic mass is 9.97.